The second-order valence-electron chi connectivity index (χ2n) is 0.998. The Labute approximate surface area is 41.9 Å². The summed E-state index contributed by atoms with van der Waals surface area (Å²) in [4.78, 5) is 9.62. The molecule has 0 saturated heterocycles. The van der Waals surface area contributed by atoms with E-state index < -0.39 is 5.97 Å². The topological polar surface area (TPSA) is 46.5 Å². The summed E-state index contributed by atoms with van der Waals surface area (Å²) in [5.74, 6) is -0.943. The number of aliphatic carboxylic acids is 1. The van der Waals surface area contributed by atoms with Crippen LogP contribution in [0.5, 0.6) is 0 Å². The van der Waals surface area contributed by atoms with Crippen molar-refractivity contribution < 1.29 is 14.6 Å². The molecule has 0 saturated carbocycles. The summed E-state index contributed by atoms with van der Waals surface area (Å²) in [5, 5.41) is 7.91. The molecule has 0 aromatic heterocycles. The molecule has 0 aromatic carbocycles. The molecule has 3 heteroatoms. The van der Waals surface area contributed by atoms with Crippen LogP contribution in [0.4, 0.5) is 0 Å². The highest BCUT2D eigenvalue weighted by molar-refractivity contribution is 5.76. The van der Waals surface area contributed by atoms with Crippen LogP contribution >= 0.6 is 0 Å². The van der Waals surface area contributed by atoms with Gasteiger partial charge in [0.05, 0.1) is 13.0 Å². The quantitative estimate of drug-likeness (QED) is 0.543. The van der Waals surface area contributed by atoms with Gasteiger partial charge >= 0.3 is 5.97 Å². The molecule has 0 aliphatic heterocycles. The molecule has 0 aromatic rings. The third-order valence-corrected chi connectivity index (χ3v) is 0.425. The fourth-order valence-corrected chi connectivity index (χ4v) is 0.155. The molecule has 0 aliphatic carbocycles. The fourth-order valence-electron chi connectivity index (χ4n) is 0.155. The van der Waals surface area contributed by atoms with Crippen molar-refractivity contribution in [1.29, 1.82) is 0 Å². The van der Waals surface area contributed by atoms with Gasteiger partial charge in [-0.15, -0.1) is 0 Å². The van der Waals surface area contributed by atoms with Crippen molar-refractivity contribution in [3.05, 3.63) is 6.42 Å². The number of carbonyl (C=O) groups is 1. The van der Waals surface area contributed by atoms with Crippen molar-refractivity contribution in [3.63, 3.8) is 0 Å². The highest BCUT2D eigenvalue weighted by Gasteiger charge is 1.92. The van der Waals surface area contributed by atoms with Crippen molar-refractivity contribution in [2.75, 3.05) is 13.7 Å². The van der Waals surface area contributed by atoms with Crippen LogP contribution in [0.1, 0.15) is 0 Å². The van der Waals surface area contributed by atoms with E-state index in [0.717, 1.165) is 6.42 Å². The summed E-state index contributed by atoms with van der Waals surface area (Å²) in [7, 11) is 1.44. The maximum atomic E-state index is 9.62. The molecule has 3 nitrogen and oxygen atoms in total. The van der Waals surface area contributed by atoms with Gasteiger partial charge in [0.25, 0.3) is 0 Å². The second kappa shape index (κ2) is 3.61. The first kappa shape index (κ1) is 6.43. The summed E-state index contributed by atoms with van der Waals surface area (Å²) in [5.41, 5.74) is 0. The predicted molar refractivity (Wildman–Crippen MR) is 23.8 cm³/mol. The van der Waals surface area contributed by atoms with E-state index in [1.54, 1.807) is 0 Å². The van der Waals surface area contributed by atoms with Crippen LogP contribution in [0.2, 0.25) is 0 Å². The van der Waals surface area contributed by atoms with Gasteiger partial charge in [0.1, 0.15) is 0 Å². The van der Waals surface area contributed by atoms with E-state index >= 15 is 0 Å². The van der Waals surface area contributed by atoms with E-state index in [9.17, 15) is 4.79 Å². The lowest BCUT2D eigenvalue weighted by Gasteiger charge is -1.87. The average molecular weight is 103 g/mol. The minimum absolute atomic E-state index is 0.176. The van der Waals surface area contributed by atoms with Crippen LogP contribution in [-0.2, 0) is 9.53 Å². The van der Waals surface area contributed by atoms with Gasteiger partial charge < -0.3 is 9.84 Å². The molecule has 7 heavy (non-hydrogen) atoms. The van der Waals surface area contributed by atoms with Gasteiger partial charge in [-0.25, -0.2) is 0 Å². The van der Waals surface area contributed by atoms with Gasteiger partial charge in [0, 0.05) is 7.11 Å². The minimum Gasteiger partial charge on any atom is -0.481 e. The zero-order chi connectivity index (χ0) is 5.70. The first-order valence-corrected chi connectivity index (χ1v) is 1.82. The number of methoxy groups -OCH3 is 1. The number of carboxylic acid groups (broad SMARTS) is 1. The molecule has 0 unspecified atom stereocenters. The third-order valence-electron chi connectivity index (χ3n) is 0.425. The van der Waals surface area contributed by atoms with Crippen LogP contribution < -0.4 is 0 Å². The molecule has 0 fully saturated rings. The molecule has 0 spiro atoms. The lowest BCUT2D eigenvalue weighted by molar-refractivity contribution is -0.133. The van der Waals surface area contributed by atoms with Crippen molar-refractivity contribution in [2.24, 2.45) is 0 Å². The smallest absolute Gasteiger partial charge is 0.309 e. The second-order valence-corrected chi connectivity index (χ2v) is 0.998. The Morgan fingerprint density at radius 2 is 2.57 bits per heavy atom. The molecule has 0 atom stereocenters. The van der Waals surface area contributed by atoms with Gasteiger partial charge in [0.2, 0.25) is 0 Å². The molecular weight excluding hydrogens is 96.0 g/mol. The van der Waals surface area contributed by atoms with Crippen LogP contribution in [0.15, 0.2) is 0 Å². The van der Waals surface area contributed by atoms with E-state index in [1.165, 1.54) is 7.11 Å². The first-order valence-electron chi connectivity index (χ1n) is 1.82. The Morgan fingerprint density at radius 3 is 2.71 bits per heavy atom. The van der Waals surface area contributed by atoms with E-state index in [2.05, 4.69) is 4.74 Å². The molecule has 1 N–H and O–H groups in total. The lowest BCUT2D eigenvalue weighted by Crippen LogP contribution is -2.00. The van der Waals surface area contributed by atoms with Gasteiger partial charge in [-0.2, -0.15) is 0 Å². The van der Waals surface area contributed by atoms with Crippen LogP contribution in [-0.4, -0.2) is 24.8 Å². The third kappa shape index (κ3) is 5.43. The average Bonchev–Trinajstić information content (AvgIpc) is 1.61. The predicted octanol–water partition coefficient (Wildman–Crippen LogP) is -0.0783. The van der Waals surface area contributed by atoms with Crippen LogP contribution in [0, 0.1) is 6.42 Å². The summed E-state index contributed by atoms with van der Waals surface area (Å²) in [6, 6.07) is 0. The zero-order valence-corrected chi connectivity index (χ0v) is 4.05. The molecule has 0 aliphatic rings. The van der Waals surface area contributed by atoms with E-state index in [4.69, 9.17) is 5.11 Å². The molecule has 0 amide bonds. The van der Waals surface area contributed by atoms with Gasteiger partial charge in [-0.3, -0.25) is 4.79 Å². The number of hydrogen-bond acceptors (Lipinski definition) is 2. The van der Waals surface area contributed by atoms with Gasteiger partial charge in [-0.05, 0) is 0 Å². The fraction of sp³-hybridized carbons (Fsp3) is 0.500. The maximum absolute atomic E-state index is 9.62. The van der Waals surface area contributed by atoms with E-state index in [1.807, 2.05) is 0 Å². The zero-order valence-electron chi connectivity index (χ0n) is 4.05. The highest BCUT2D eigenvalue weighted by atomic mass is 16.5. The van der Waals surface area contributed by atoms with Gasteiger partial charge in [0.15, 0.2) is 0 Å². The van der Waals surface area contributed by atoms with Gasteiger partial charge in [-0.1, -0.05) is 0 Å². The van der Waals surface area contributed by atoms with Crippen molar-refractivity contribution in [3.8, 4) is 0 Å². The Bertz CT molecular complexity index is 60.0. The van der Waals surface area contributed by atoms with E-state index in [-0.39, 0.29) is 6.61 Å². The van der Waals surface area contributed by atoms with Crippen molar-refractivity contribution in [1.82, 2.24) is 0 Å². The summed E-state index contributed by atoms with van der Waals surface area (Å²) < 4.78 is 4.42. The number of carboxylic acids is 1. The number of ether oxygens (including phenoxy) is 1. The Balaban J connectivity index is 2.82. The van der Waals surface area contributed by atoms with Crippen LogP contribution in [0.25, 0.3) is 0 Å². The lowest BCUT2D eigenvalue weighted by atomic mass is 10.5. The van der Waals surface area contributed by atoms with Crippen LogP contribution in [0.3, 0.4) is 0 Å². The monoisotopic (exact) mass is 103 g/mol. The maximum Gasteiger partial charge on any atom is 0.309 e. The Morgan fingerprint density at radius 1 is 2.00 bits per heavy atom. The summed E-state index contributed by atoms with van der Waals surface area (Å²) in [6.45, 7) is 0.176. The summed E-state index contributed by atoms with van der Waals surface area (Å²) >= 11 is 0. The first-order chi connectivity index (χ1) is 3.27. The SMILES string of the molecule is COC[CH]C(=O)O. The normalized spacial score (nSPS) is 8.71. The molecule has 0 heterocycles. The Hall–Kier alpha value is -0.570. The Kier molecular flexibility index (Phi) is 3.32. The summed E-state index contributed by atoms with van der Waals surface area (Å²) in [6.07, 6.45) is 1.04. The minimum atomic E-state index is -0.943. The molecule has 0 bridgehead atoms. The number of hydrogen-bond donors (Lipinski definition) is 1. The number of rotatable bonds is 3. The standard InChI is InChI=1S/C4H7O3/c1-7-3-2-4(5)6/h2H,3H2,1H3,(H,5,6). The molecule has 0 rings (SSSR count). The van der Waals surface area contributed by atoms with Crippen molar-refractivity contribution >= 4 is 5.97 Å². The highest BCUT2D eigenvalue weighted by Crippen LogP contribution is 1.74. The largest absolute Gasteiger partial charge is 0.481 e. The molecular formula is C4H7O3. The van der Waals surface area contributed by atoms with Crippen molar-refractivity contribution in [2.45, 2.75) is 0 Å². The van der Waals surface area contributed by atoms with E-state index in [0.29, 0.717) is 0 Å². The molecule has 1 radical (unpaired) electrons. The molecule has 41 valence electrons.